The summed E-state index contributed by atoms with van der Waals surface area (Å²) in [4.78, 5) is 38.0. The van der Waals surface area contributed by atoms with Crippen LogP contribution in [0.4, 0.5) is 39.8 Å². The summed E-state index contributed by atoms with van der Waals surface area (Å²) in [5.74, 6) is -0.0505. The molecular formula is C26H31ClF4N8O2. The van der Waals surface area contributed by atoms with E-state index in [0.29, 0.717) is 61.0 Å². The highest BCUT2D eigenvalue weighted by atomic mass is 35.5. The van der Waals surface area contributed by atoms with Crippen LogP contribution in [-0.4, -0.2) is 101 Å². The molecule has 3 aliphatic rings. The summed E-state index contributed by atoms with van der Waals surface area (Å²) in [6.45, 7) is 0.570. The van der Waals surface area contributed by atoms with Crippen LogP contribution in [0.3, 0.4) is 0 Å². The van der Waals surface area contributed by atoms with Crippen LogP contribution in [0.5, 0.6) is 0 Å². The van der Waals surface area contributed by atoms with E-state index in [1.165, 1.54) is 12.3 Å². The van der Waals surface area contributed by atoms with Gasteiger partial charge in [-0.1, -0.05) is 11.6 Å². The lowest BCUT2D eigenvalue weighted by atomic mass is 10.0. The Bertz CT molecular complexity index is 1290. The van der Waals surface area contributed by atoms with Crippen molar-refractivity contribution in [3.05, 3.63) is 40.5 Å². The molecule has 2 saturated heterocycles. The summed E-state index contributed by atoms with van der Waals surface area (Å²) in [6.07, 6.45) is -2.30. The number of alkyl halides is 4. The van der Waals surface area contributed by atoms with Gasteiger partial charge in [-0.15, -0.1) is 0 Å². The Morgan fingerprint density at radius 1 is 1.17 bits per heavy atom. The zero-order valence-electron chi connectivity index (χ0n) is 22.3. The normalized spacial score (nSPS) is 22.0. The first-order valence-electron chi connectivity index (χ1n) is 13.4. The molecule has 0 aliphatic carbocycles. The van der Waals surface area contributed by atoms with E-state index < -0.39 is 30.8 Å². The second-order valence-electron chi connectivity index (χ2n) is 10.7. The molecule has 3 aliphatic heterocycles. The molecule has 41 heavy (non-hydrogen) atoms. The number of carbonyl (C=O) groups excluding carboxylic acids is 2. The molecule has 2 aromatic rings. The summed E-state index contributed by atoms with van der Waals surface area (Å²) in [6, 6.07) is 3.91. The van der Waals surface area contributed by atoms with Gasteiger partial charge in [-0.2, -0.15) is 18.2 Å². The second-order valence-corrected chi connectivity index (χ2v) is 11.1. The second kappa shape index (κ2) is 11.8. The molecule has 10 nitrogen and oxygen atoms in total. The summed E-state index contributed by atoms with van der Waals surface area (Å²) in [7, 11) is 1.86. The van der Waals surface area contributed by atoms with Crippen LogP contribution in [0.1, 0.15) is 35.2 Å². The number of aromatic nitrogens is 2. The standard InChI is InChI=1S/C26H31ClF4N8O2/c1-37-7-6-21(20(28)13-37)35-25(41)38-8-4-16(5-9-38)33-22-19(27)11-32-24(36-22)34-17-2-3-18-15(10-17)12-39(23(18)40)14-26(29,30)31/h2-3,10-11,16,20-21H,4-9,12-14H2,1H3,(H,35,41)(H2,32,33,34,36)/t20-,21+/m0/s1. The molecule has 0 radical (unpaired) electrons. The Balaban J connectivity index is 1.15. The SMILES string of the molecule is CN1CC[C@@H](NC(=O)N2CCC(Nc3nc(Nc4ccc5c(c4)CN(CC(F)(F)F)C5=O)ncc3Cl)CC2)[C@@H](F)C1. The van der Waals surface area contributed by atoms with Crippen molar-refractivity contribution < 1.29 is 27.2 Å². The van der Waals surface area contributed by atoms with Gasteiger partial charge in [0.2, 0.25) is 5.95 Å². The number of urea groups is 1. The maximum atomic E-state index is 14.3. The highest BCUT2D eigenvalue weighted by molar-refractivity contribution is 6.32. The van der Waals surface area contributed by atoms with Gasteiger partial charge < -0.3 is 30.7 Å². The topological polar surface area (TPSA) is 106 Å². The molecule has 0 bridgehead atoms. The number of likely N-dealkylation sites (tertiary alicyclic amines) is 2. The van der Waals surface area contributed by atoms with Gasteiger partial charge in [-0.3, -0.25) is 4.79 Å². The Labute approximate surface area is 239 Å². The van der Waals surface area contributed by atoms with Crippen molar-refractivity contribution in [2.75, 3.05) is 50.4 Å². The fraction of sp³-hybridized carbons (Fsp3) is 0.538. The van der Waals surface area contributed by atoms with Crippen molar-refractivity contribution in [2.45, 2.75) is 50.2 Å². The number of fused-ring (bicyclic) bond motifs is 1. The van der Waals surface area contributed by atoms with E-state index in [0.717, 1.165) is 11.4 Å². The number of hydrogen-bond donors (Lipinski definition) is 3. The zero-order valence-corrected chi connectivity index (χ0v) is 23.1. The van der Waals surface area contributed by atoms with Crippen molar-refractivity contribution in [1.82, 2.24) is 30.0 Å². The molecular weight excluding hydrogens is 568 g/mol. The third-order valence-electron chi connectivity index (χ3n) is 7.53. The van der Waals surface area contributed by atoms with Gasteiger partial charge in [0.15, 0.2) is 5.82 Å². The van der Waals surface area contributed by atoms with E-state index in [-0.39, 0.29) is 30.1 Å². The van der Waals surface area contributed by atoms with Gasteiger partial charge in [0.1, 0.15) is 17.7 Å². The lowest BCUT2D eigenvalue weighted by Crippen LogP contribution is -2.55. The van der Waals surface area contributed by atoms with Crippen LogP contribution in [-0.2, 0) is 6.54 Å². The minimum atomic E-state index is -4.48. The maximum absolute atomic E-state index is 14.3. The van der Waals surface area contributed by atoms with Crippen molar-refractivity contribution in [2.24, 2.45) is 0 Å². The van der Waals surface area contributed by atoms with Crippen molar-refractivity contribution in [1.29, 1.82) is 0 Å². The van der Waals surface area contributed by atoms with E-state index in [4.69, 9.17) is 11.6 Å². The Morgan fingerprint density at radius 3 is 2.63 bits per heavy atom. The smallest absolute Gasteiger partial charge is 0.366 e. The minimum Gasteiger partial charge on any atom is -0.366 e. The number of benzene rings is 1. The Morgan fingerprint density at radius 2 is 1.93 bits per heavy atom. The molecule has 1 aromatic carbocycles. The van der Waals surface area contributed by atoms with Crippen molar-refractivity contribution in [3.63, 3.8) is 0 Å². The van der Waals surface area contributed by atoms with Crippen LogP contribution in [0.15, 0.2) is 24.4 Å². The molecule has 2 atom stereocenters. The first kappa shape index (κ1) is 29.1. The number of piperidine rings is 2. The predicted octanol–water partition coefficient (Wildman–Crippen LogP) is 4.02. The number of nitrogens with zero attached hydrogens (tertiary/aromatic N) is 5. The first-order valence-corrected chi connectivity index (χ1v) is 13.8. The molecule has 0 unspecified atom stereocenters. The molecule has 2 fully saturated rings. The summed E-state index contributed by atoms with van der Waals surface area (Å²) < 4.78 is 52.7. The molecule has 0 spiro atoms. The first-order chi connectivity index (χ1) is 19.4. The van der Waals surface area contributed by atoms with Crippen LogP contribution < -0.4 is 16.0 Å². The fourth-order valence-corrected chi connectivity index (χ4v) is 5.50. The van der Waals surface area contributed by atoms with Crippen LogP contribution in [0, 0.1) is 0 Å². The van der Waals surface area contributed by atoms with Gasteiger partial charge >= 0.3 is 12.2 Å². The molecule has 222 valence electrons. The largest absolute Gasteiger partial charge is 0.406 e. The monoisotopic (exact) mass is 598 g/mol. The average Bonchev–Trinajstić information content (AvgIpc) is 3.20. The van der Waals surface area contributed by atoms with E-state index in [9.17, 15) is 27.2 Å². The number of hydrogen-bond acceptors (Lipinski definition) is 7. The summed E-state index contributed by atoms with van der Waals surface area (Å²) in [5.41, 5.74) is 1.22. The highest BCUT2D eigenvalue weighted by Crippen LogP contribution is 2.30. The Hall–Kier alpha value is -3.39. The Kier molecular flexibility index (Phi) is 8.41. The van der Waals surface area contributed by atoms with E-state index >= 15 is 0 Å². The lowest BCUT2D eigenvalue weighted by Gasteiger charge is -2.36. The van der Waals surface area contributed by atoms with Gasteiger partial charge in [0, 0.05) is 50.0 Å². The molecule has 5 rings (SSSR count). The maximum Gasteiger partial charge on any atom is 0.406 e. The zero-order chi connectivity index (χ0) is 29.3. The van der Waals surface area contributed by atoms with Gasteiger partial charge in [0.25, 0.3) is 5.91 Å². The molecule has 1 aromatic heterocycles. The van der Waals surface area contributed by atoms with Crippen molar-refractivity contribution >= 4 is 41.0 Å². The highest BCUT2D eigenvalue weighted by Gasteiger charge is 2.37. The minimum absolute atomic E-state index is 0.0119. The van der Waals surface area contributed by atoms with Gasteiger partial charge in [-0.25, -0.2) is 14.2 Å². The van der Waals surface area contributed by atoms with Gasteiger partial charge in [0.05, 0.1) is 12.2 Å². The van der Waals surface area contributed by atoms with E-state index in [1.54, 1.807) is 17.0 Å². The third kappa shape index (κ3) is 7.10. The number of amides is 3. The number of nitrogens with one attached hydrogen (secondary N) is 3. The van der Waals surface area contributed by atoms with Crippen LogP contribution in [0.25, 0.3) is 0 Å². The summed E-state index contributed by atoms with van der Waals surface area (Å²) in [5, 5.41) is 9.45. The molecule has 3 N–H and O–H groups in total. The van der Waals surface area contributed by atoms with Crippen LogP contribution in [0.2, 0.25) is 5.02 Å². The lowest BCUT2D eigenvalue weighted by molar-refractivity contribution is -0.140. The van der Waals surface area contributed by atoms with Crippen LogP contribution >= 0.6 is 11.6 Å². The number of halogens is 5. The number of rotatable bonds is 6. The van der Waals surface area contributed by atoms with Crippen molar-refractivity contribution in [3.8, 4) is 0 Å². The third-order valence-corrected chi connectivity index (χ3v) is 7.81. The molecule has 15 heteroatoms. The molecule has 0 saturated carbocycles. The molecule has 3 amide bonds. The van der Waals surface area contributed by atoms with E-state index in [2.05, 4.69) is 25.9 Å². The number of carbonyl (C=O) groups is 2. The van der Waals surface area contributed by atoms with Gasteiger partial charge in [-0.05, 0) is 50.1 Å². The average molecular weight is 599 g/mol. The predicted molar refractivity (Wildman–Crippen MR) is 145 cm³/mol. The summed E-state index contributed by atoms with van der Waals surface area (Å²) >= 11 is 6.33. The fourth-order valence-electron chi connectivity index (χ4n) is 5.35. The number of anilines is 3. The quantitative estimate of drug-likeness (QED) is 0.432. The van der Waals surface area contributed by atoms with E-state index in [1.807, 2.05) is 11.9 Å². The molecule has 4 heterocycles.